The molecule has 9 nitrogen and oxygen atoms in total. The van der Waals surface area contributed by atoms with Crippen LogP contribution in [0.3, 0.4) is 0 Å². The molecule has 0 saturated carbocycles. The molecule has 0 unspecified atom stereocenters. The van der Waals surface area contributed by atoms with Crippen LogP contribution in [0.25, 0.3) is 0 Å². The van der Waals surface area contributed by atoms with Crippen LogP contribution < -0.4 is 11.2 Å². The Morgan fingerprint density at radius 3 is 2.53 bits per heavy atom. The number of nitrogens with one attached hydrogen (secondary N) is 1. The summed E-state index contributed by atoms with van der Waals surface area (Å²) >= 11 is 0. The van der Waals surface area contributed by atoms with Gasteiger partial charge in [0.05, 0.1) is 19.0 Å². The molecular formula is C9H17N3O6S. The number of nitrogens with zero attached hydrogens (tertiary/aromatic N) is 1. The predicted molar refractivity (Wildman–Crippen MR) is 64.1 cm³/mol. The van der Waals surface area contributed by atoms with Gasteiger partial charge in [-0.3, -0.25) is 14.4 Å². The van der Waals surface area contributed by atoms with Crippen LogP contribution in [0.5, 0.6) is 0 Å². The molecule has 0 atom stereocenters. The van der Waals surface area contributed by atoms with E-state index in [2.05, 4.69) is 4.84 Å². The maximum absolute atomic E-state index is 11.8. The molecule has 1 rings (SSSR count). The van der Waals surface area contributed by atoms with E-state index < -0.39 is 28.4 Å². The van der Waals surface area contributed by atoms with E-state index in [9.17, 15) is 18.0 Å². The number of hydrogen-bond acceptors (Lipinski definition) is 6. The number of ether oxygens (including phenoxy) is 1. The Balaban J connectivity index is 2.29. The maximum atomic E-state index is 11.8. The molecule has 0 bridgehead atoms. The fourth-order valence-corrected chi connectivity index (χ4v) is 2.82. The second kappa shape index (κ2) is 7.38. The van der Waals surface area contributed by atoms with Gasteiger partial charge in [0.1, 0.15) is 0 Å². The number of amides is 2. The maximum Gasteiger partial charge on any atom is 0.246 e. The topological polar surface area (TPSA) is 128 Å². The average Bonchev–Trinajstić information content (AvgIpc) is 2.37. The Hall–Kier alpha value is -1.23. The SMILES string of the molecule is NC(=O)CONC(=O)CCS(=O)(=O)N1CCOCC1. The average molecular weight is 295 g/mol. The van der Waals surface area contributed by atoms with Crippen molar-refractivity contribution in [2.75, 3.05) is 38.7 Å². The van der Waals surface area contributed by atoms with Gasteiger partial charge in [-0.15, -0.1) is 0 Å². The molecule has 2 amide bonds. The smallest absolute Gasteiger partial charge is 0.246 e. The first-order valence-corrected chi connectivity index (χ1v) is 7.27. The van der Waals surface area contributed by atoms with E-state index in [1.165, 1.54) is 4.31 Å². The number of carbonyl (C=O) groups is 2. The summed E-state index contributed by atoms with van der Waals surface area (Å²) in [6, 6.07) is 0. The molecule has 1 heterocycles. The summed E-state index contributed by atoms with van der Waals surface area (Å²) in [7, 11) is -3.47. The summed E-state index contributed by atoms with van der Waals surface area (Å²) in [6.07, 6.45) is -0.252. The minimum atomic E-state index is -3.47. The van der Waals surface area contributed by atoms with Crippen molar-refractivity contribution in [2.45, 2.75) is 6.42 Å². The van der Waals surface area contributed by atoms with Crippen molar-refractivity contribution < 1.29 is 27.6 Å². The molecule has 19 heavy (non-hydrogen) atoms. The minimum absolute atomic E-state index is 0.252. The summed E-state index contributed by atoms with van der Waals surface area (Å²) in [6.45, 7) is 0.840. The number of sulfonamides is 1. The van der Waals surface area contributed by atoms with Gasteiger partial charge >= 0.3 is 0 Å². The third kappa shape index (κ3) is 5.96. The number of carbonyl (C=O) groups excluding carboxylic acids is 2. The highest BCUT2D eigenvalue weighted by molar-refractivity contribution is 7.89. The van der Waals surface area contributed by atoms with E-state index in [0.29, 0.717) is 26.3 Å². The molecule has 1 fully saturated rings. The zero-order valence-corrected chi connectivity index (χ0v) is 11.1. The van der Waals surface area contributed by atoms with Crippen molar-refractivity contribution in [3.05, 3.63) is 0 Å². The van der Waals surface area contributed by atoms with Crippen LogP contribution in [0.15, 0.2) is 0 Å². The largest absolute Gasteiger partial charge is 0.379 e. The Morgan fingerprint density at radius 2 is 1.95 bits per heavy atom. The van der Waals surface area contributed by atoms with Gasteiger partial charge < -0.3 is 10.5 Å². The first kappa shape index (κ1) is 15.8. The molecule has 0 aromatic rings. The second-order valence-electron chi connectivity index (χ2n) is 3.86. The van der Waals surface area contributed by atoms with E-state index in [4.69, 9.17) is 10.5 Å². The molecule has 1 aliphatic heterocycles. The lowest BCUT2D eigenvalue weighted by molar-refractivity contribution is -0.137. The first-order valence-electron chi connectivity index (χ1n) is 5.66. The Kier molecular flexibility index (Phi) is 6.15. The molecule has 110 valence electrons. The van der Waals surface area contributed by atoms with Gasteiger partial charge in [-0.2, -0.15) is 4.31 Å². The number of primary amides is 1. The Labute approximate surface area is 111 Å². The van der Waals surface area contributed by atoms with Crippen molar-refractivity contribution in [2.24, 2.45) is 5.73 Å². The van der Waals surface area contributed by atoms with Gasteiger partial charge in [-0.25, -0.2) is 13.9 Å². The van der Waals surface area contributed by atoms with Crippen molar-refractivity contribution in [1.82, 2.24) is 9.79 Å². The van der Waals surface area contributed by atoms with Crippen LogP contribution in [0.4, 0.5) is 0 Å². The van der Waals surface area contributed by atoms with Crippen LogP contribution in [-0.4, -0.2) is 63.2 Å². The van der Waals surface area contributed by atoms with Gasteiger partial charge in [-0.05, 0) is 0 Å². The highest BCUT2D eigenvalue weighted by atomic mass is 32.2. The standard InChI is InChI=1S/C9H17N3O6S/c10-8(13)7-18-11-9(14)1-6-19(15,16)12-2-4-17-5-3-12/h1-7H2,(H2,10,13)(H,11,14). The lowest BCUT2D eigenvalue weighted by atomic mass is 10.5. The highest BCUT2D eigenvalue weighted by Crippen LogP contribution is 2.06. The van der Waals surface area contributed by atoms with Crippen molar-refractivity contribution >= 4 is 21.8 Å². The second-order valence-corrected chi connectivity index (χ2v) is 5.95. The monoisotopic (exact) mass is 295 g/mol. The zero-order valence-electron chi connectivity index (χ0n) is 10.3. The normalized spacial score (nSPS) is 17.1. The molecule has 1 saturated heterocycles. The summed E-state index contributed by atoms with van der Waals surface area (Å²) in [5.74, 6) is -1.68. The van der Waals surface area contributed by atoms with Gasteiger partial charge in [0.25, 0.3) is 0 Å². The minimum Gasteiger partial charge on any atom is -0.379 e. The third-order valence-electron chi connectivity index (χ3n) is 2.35. The van der Waals surface area contributed by atoms with Crippen molar-refractivity contribution in [1.29, 1.82) is 0 Å². The molecule has 0 aromatic carbocycles. The summed E-state index contributed by atoms with van der Waals surface area (Å²) < 4.78 is 30.0. The number of hydroxylamine groups is 1. The Morgan fingerprint density at radius 1 is 1.32 bits per heavy atom. The third-order valence-corrected chi connectivity index (χ3v) is 4.22. The number of morpholine rings is 1. The number of rotatable bonds is 7. The van der Waals surface area contributed by atoms with Gasteiger partial charge in [0.2, 0.25) is 21.8 Å². The van der Waals surface area contributed by atoms with Crippen LogP contribution in [0.2, 0.25) is 0 Å². The molecule has 0 aliphatic carbocycles. The predicted octanol–water partition coefficient (Wildman–Crippen LogP) is -2.43. The van der Waals surface area contributed by atoms with Crippen LogP contribution in [-0.2, 0) is 29.2 Å². The highest BCUT2D eigenvalue weighted by Gasteiger charge is 2.24. The van der Waals surface area contributed by atoms with Crippen molar-refractivity contribution in [3.63, 3.8) is 0 Å². The van der Waals surface area contributed by atoms with Gasteiger partial charge in [0, 0.05) is 19.5 Å². The van der Waals surface area contributed by atoms with Crippen LogP contribution >= 0.6 is 0 Å². The van der Waals surface area contributed by atoms with E-state index >= 15 is 0 Å². The molecular weight excluding hydrogens is 278 g/mol. The van der Waals surface area contributed by atoms with E-state index in [1.54, 1.807) is 0 Å². The first-order chi connectivity index (χ1) is 8.92. The number of nitrogens with two attached hydrogens (primary N) is 1. The van der Waals surface area contributed by atoms with Gasteiger partial charge in [0.15, 0.2) is 6.61 Å². The lowest BCUT2D eigenvalue weighted by Crippen LogP contribution is -2.42. The molecule has 3 N–H and O–H groups in total. The molecule has 0 radical (unpaired) electrons. The molecule has 0 aromatic heterocycles. The van der Waals surface area contributed by atoms with Crippen LogP contribution in [0, 0.1) is 0 Å². The lowest BCUT2D eigenvalue weighted by Gasteiger charge is -2.25. The van der Waals surface area contributed by atoms with Crippen LogP contribution in [0.1, 0.15) is 6.42 Å². The molecule has 1 aliphatic rings. The van der Waals surface area contributed by atoms with Crippen molar-refractivity contribution in [3.8, 4) is 0 Å². The van der Waals surface area contributed by atoms with Gasteiger partial charge in [-0.1, -0.05) is 0 Å². The van der Waals surface area contributed by atoms with E-state index in [-0.39, 0.29) is 12.2 Å². The zero-order chi connectivity index (χ0) is 14.3. The van der Waals surface area contributed by atoms with E-state index in [1.807, 2.05) is 5.48 Å². The quantitative estimate of drug-likeness (QED) is 0.503. The number of hydrogen-bond donors (Lipinski definition) is 2. The summed E-state index contributed by atoms with van der Waals surface area (Å²) in [5, 5.41) is 0. The van der Waals surface area contributed by atoms with E-state index in [0.717, 1.165) is 0 Å². The fourth-order valence-electron chi connectivity index (χ4n) is 1.41. The molecule has 0 spiro atoms. The Bertz CT molecular complexity index is 418. The summed E-state index contributed by atoms with van der Waals surface area (Å²) in [4.78, 5) is 26.1. The molecule has 10 heteroatoms. The fraction of sp³-hybridized carbons (Fsp3) is 0.778. The summed E-state index contributed by atoms with van der Waals surface area (Å²) in [5.41, 5.74) is 6.73.